The van der Waals surface area contributed by atoms with Crippen LogP contribution in [0.25, 0.3) is 11.6 Å². The number of methoxy groups -OCH3 is 1. The second-order valence-electron chi connectivity index (χ2n) is 4.83. The normalized spacial score (nSPS) is 10.6. The molecule has 0 heterocycles. The van der Waals surface area contributed by atoms with Gasteiger partial charge in [-0.05, 0) is 64.3 Å². The van der Waals surface area contributed by atoms with Crippen molar-refractivity contribution in [3.05, 3.63) is 57.6 Å². The fourth-order valence-electron chi connectivity index (χ4n) is 2.20. The molecule has 2 aromatic carbocycles. The van der Waals surface area contributed by atoms with Gasteiger partial charge in [0.1, 0.15) is 0 Å². The molecule has 24 heavy (non-hydrogen) atoms. The third kappa shape index (κ3) is 3.95. The number of nitriles is 2. The minimum absolute atomic E-state index is 0.499. The van der Waals surface area contributed by atoms with Gasteiger partial charge in [-0.2, -0.15) is 10.5 Å². The lowest BCUT2D eigenvalue weighted by atomic mass is 10.0. The highest BCUT2D eigenvalue weighted by atomic mass is 79.9. The molecule has 0 radical (unpaired) electrons. The smallest absolute Gasteiger partial charge is 0.174 e. The van der Waals surface area contributed by atoms with Crippen molar-refractivity contribution in [2.75, 3.05) is 13.7 Å². The molecule has 0 bridgehead atoms. The van der Waals surface area contributed by atoms with Crippen LogP contribution in [-0.4, -0.2) is 13.7 Å². The maximum Gasteiger partial charge on any atom is 0.174 e. The third-order valence-corrected chi connectivity index (χ3v) is 3.88. The van der Waals surface area contributed by atoms with Gasteiger partial charge in [0.2, 0.25) is 0 Å². The van der Waals surface area contributed by atoms with Crippen molar-refractivity contribution in [2.45, 2.75) is 6.92 Å². The number of halogens is 1. The summed E-state index contributed by atoms with van der Waals surface area (Å²) < 4.78 is 11.7. The zero-order chi connectivity index (χ0) is 17.5. The van der Waals surface area contributed by atoms with E-state index in [1.807, 2.05) is 19.1 Å². The Morgan fingerprint density at radius 3 is 2.46 bits per heavy atom. The predicted octanol–water partition coefficient (Wildman–Crippen LogP) is 4.79. The SMILES string of the molecule is CCOc1cc(/C=C(/C#N)c2ccc(C#N)cc2)cc(Br)c1OC. The van der Waals surface area contributed by atoms with Gasteiger partial charge < -0.3 is 9.47 Å². The molecule has 5 heteroatoms. The minimum atomic E-state index is 0.499. The lowest BCUT2D eigenvalue weighted by molar-refractivity contribution is 0.310. The van der Waals surface area contributed by atoms with Crippen molar-refractivity contribution >= 4 is 27.6 Å². The Kier molecular flexibility index (Phi) is 6.01. The molecule has 0 amide bonds. The van der Waals surface area contributed by atoms with Gasteiger partial charge in [0.15, 0.2) is 11.5 Å². The fraction of sp³-hybridized carbons (Fsp3) is 0.158. The molecule has 4 nitrogen and oxygen atoms in total. The standard InChI is InChI=1S/C19H15BrN2O2/c1-3-24-18-10-14(9-17(20)19(18)23-2)8-16(12-22)15-6-4-13(11-21)5-7-15/h4-10H,3H2,1-2H3/b16-8-. The molecule has 0 unspecified atom stereocenters. The Labute approximate surface area is 149 Å². The number of hydrogen-bond donors (Lipinski definition) is 0. The summed E-state index contributed by atoms with van der Waals surface area (Å²) in [7, 11) is 1.58. The maximum absolute atomic E-state index is 9.46. The molecule has 0 aliphatic rings. The summed E-state index contributed by atoms with van der Waals surface area (Å²) in [5, 5.41) is 18.3. The summed E-state index contributed by atoms with van der Waals surface area (Å²) in [6.07, 6.45) is 1.77. The average molecular weight is 383 g/mol. The van der Waals surface area contributed by atoms with Crippen LogP contribution in [-0.2, 0) is 0 Å². The van der Waals surface area contributed by atoms with Crippen LogP contribution in [0.15, 0.2) is 40.9 Å². The number of rotatable bonds is 5. The van der Waals surface area contributed by atoms with E-state index in [2.05, 4.69) is 28.1 Å². The second kappa shape index (κ2) is 8.19. The van der Waals surface area contributed by atoms with Gasteiger partial charge in [-0.1, -0.05) is 12.1 Å². The van der Waals surface area contributed by atoms with E-state index in [0.29, 0.717) is 29.2 Å². The molecule has 0 spiro atoms. The van der Waals surface area contributed by atoms with Gasteiger partial charge in [0, 0.05) is 0 Å². The average Bonchev–Trinajstić information content (AvgIpc) is 2.60. The fourth-order valence-corrected chi connectivity index (χ4v) is 2.83. The molecule has 0 N–H and O–H groups in total. The summed E-state index contributed by atoms with van der Waals surface area (Å²) in [6, 6.07) is 14.8. The van der Waals surface area contributed by atoms with Gasteiger partial charge in [-0.3, -0.25) is 0 Å². The first-order chi connectivity index (χ1) is 11.6. The van der Waals surface area contributed by atoms with Crippen LogP contribution in [0.5, 0.6) is 11.5 Å². The number of benzene rings is 2. The van der Waals surface area contributed by atoms with Crippen LogP contribution in [0.2, 0.25) is 0 Å². The summed E-state index contributed by atoms with van der Waals surface area (Å²) in [5.41, 5.74) is 2.62. The first kappa shape index (κ1) is 17.6. The van der Waals surface area contributed by atoms with Gasteiger partial charge in [-0.25, -0.2) is 0 Å². The van der Waals surface area contributed by atoms with E-state index in [9.17, 15) is 5.26 Å². The van der Waals surface area contributed by atoms with Crippen LogP contribution in [0, 0.1) is 22.7 Å². The third-order valence-electron chi connectivity index (χ3n) is 3.29. The predicted molar refractivity (Wildman–Crippen MR) is 96.5 cm³/mol. The van der Waals surface area contributed by atoms with Gasteiger partial charge in [-0.15, -0.1) is 0 Å². The van der Waals surface area contributed by atoms with E-state index < -0.39 is 0 Å². The molecular formula is C19H15BrN2O2. The molecule has 2 aromatic rings. The molecule has 120 valence electrons. The summed E-state index contributed by atoms with van der Waals surface area (Å²) >= 11 is 3.46. The highest BCUT2D eigenvalue weighted by molar-refractivity contribution is 9.10. The molecule has 2 rings (SSSR count). The van der Waals surface area contributed by atoms with E-state index in [-0.39, 0.29) is 0 Å². The monoisotopic (exact) mass is 382 g/mol. The van der Waals surface area contributed by atoms with Crippen molar-refractivity contribution in [2.24, 2.45) is 0 Å². The van der Waals surface area contributed by atoms with Crippen molar-refractivity contribution < 1.29 is 9.47 Å². The first-order valence-corrected chi connectivity index (χ1v) is 8.04. The minimum Gasteiger partial charge on any atom is -0.492 e. The zero-order valence-corrected chi connectivity index (χ0v) is 14.9. The molecule has 0 fully saturated rings. The second-order valence-corrected chi connectivity index (χ2v) is 5.68. The van der Waals surface area contributed by atoms with Crippen LogP contribution in [0.1, 0.15) is 23.6 Å². The molecule has 0 saturated carbocycles. The highest BCUT2D eigenvalue weighted by Gasteiger charge is 2.11. The van der Waals surface area contributed by atoms with Gasteiger partial charge >= 0.3 is 0 Å². The van der Waals surface area contributed by atoms with E-state index in [1.54, 1.807) is 37.5 Å². The Balaban J connectivity index is 2.47. The van der Waals surface area contributed by atoms with Crippen molar-refractivity contribution in [3.8, 4) is 23.6 Å². The van der Waals surface area contributed by atoms with E-state index in [4.69, 9.17) is 14.7 Å². The van der Waals surface area contributed by atoms with E-state index >= 15 is 0 Å². The van der Waals surface area contributed by atoms with Crippen LogP contribution in [0.3, 0.4) is 0 Å². The molecule has 0 saturated heterocycles. The van der Waals surface area contributed by atoms with Crippen LogP contribution in [0.4, 0.5) is 0 Å². The Bertz CT molecular complexity index is 843. The summed E-state index contributed by atoms with van der Waals surface area (Å²) in [4.78, 5) is 0. The molecule has 0 atom stereocenters. The Morgan fingerprint density at radius 1 is 1.21 bits per heavy atom. The summed E-state index contributed by atoms with van der Waals surface area (Å²) in [5.74, 6) is 1.23. The Hall–Kier alpha value is -2.76. The molecule has 0 aliphatic heterocycles. The van der Waals surface area contributed by atoms with Crippen molar-refractivity contribution in [1.82, 2.24) is 0 Å². The summed E-state index contributed by atoms with van der Waals surface area (Å²) in [6.45, 7) is 2.41. The van der Waals surface area contributed by atoms with E-state index in [0.717, 1.165) is 15.6 Å². The largest absolute Gasteiger partial charge is 0.492 e. The number of ether oxygens (including phenoxy) is 2. The number of nitrogens with zero attached hydrogens (tertiary/aromatic N) is 2. The Morgan fingerprint density at radius 2 is 1.92 bits per heavy atom. The van der Waals surface area contributed by atoms with Gasteiger partial charge in [0.05, 0.1) is 41.5 Å². The zero-order valence-electron chi connectivity index (χ0n) is 13.3. The molecule has 0 aromatic heterocycles. The number of allylic oxidation sites excluding steroid dienone is 1. The topological polar surface area (TPSA) is 66.0 Å². The number of hydrogen-bond acceptors (Lipinski definition) is 4. The van der Waals surface area contributed by atoms with Gasteiger partial charge in [0.25, 0.3) is 0 Å². The molecule has 0 aliphatic carbocycles. The maximum atomic E-state index is 9.46. The van der Waals surface area contributed by atoms with Crippen molar-refractivity contribution in [1.29, 1.82) is 10.5 Å². The van der Waals surface area contributed by atoms with Crippen LogP contribution >= 0.6 is 15.9 Å². The first-order valence-electron chi connectivity index (χ1n) is 7.25. The van der Waals surface area contributed by atoms with Crippen molar-refractivity contribution in [3.63, 3.8) is 0 Å². The lowest BCUT2D eigenvalue weighted by Gasteiger charge is -2.12. The van der Waals surface area contributed by atoms with Crippen LogP contribution < -0.4 is 9.47 Å². The highest BCUT2D eigenvalue weighted by Crippen LogP contribution is 2.37. The molecular weight excluding hydrogens is 368 g/mol. The lowest BCUT2D eigenvalue weighted by Crippen LogP contribution is -1.96. The van der Waals surface area contributed by atoms with E-state index in [1.165, 1.54) is 0 Å². The quantitative estimate of drug-likeness (QED) is 0.550.